The van der Waals surface area contributed by atoms with Gasteiger partial charge in [0.05, 0.1) is 5.69 Å². The summed E-state index contributed by atoms with van der Waals surface area (Å²) >= 11 is 0. The van der Waals surface area contributed by atoms with Crippen LogP contribution in [0.4, 0.5) is 14.9 Å². The molecule has 1 aliphatic rings. The van der Waals surface area contributed by atoms with E-state index >= 15 is 0 Å². The van der Waals surface area contributed by atoms with E-state index in [1.165, 1.54) is 30.2 Å². The quantitative estimate of drug-likeness (QED) is 0.652. The van der Waals surface area contributed by atoms with Gasteiger partial charge < -0.3 is 16.0 Å². The zero-order valence-corrected chi connectivity index (χ0v) is 16.2. The zero-order chi connectivity index (χ0) is 21.9. The van der Waals surface area contributed by atoms with Gasteiger partial charge in [-0.1, -0.05) is 6.07 Å². The Morgan fingerprint density at radius 2 is 1.90 bits per heavy atom. The average molecular weight is 413 g/mol. The SMILES string of the molecule is CC1(c2ccccn2)NC(=O)N(CC(=O)N(CCC(N)=O)c2ccc(F)cc2)C1=O. The molecule has 156 valence electrons. The molecular weight excluding hydrogens is 393 g/mol. The Morgan fingerprint density at radius 3 is 2.50 bits per heavy atom. The molecule has 1 fully saturated rings. The van der Waals surface area contributed by atoms with Crippen LogP contribution in [0, 0.1) is 5.82 Å². The van der Waals surface area contributed by atoms with Crippen molar-refractivity contribution in [2.75, 3.05) is 18.0 Å². The van der Waals surface area contributed by atoms with Crippen molar-refractivity contribution < 1.29 is 23.6 Å². The van der Waals surface area contributed by atoms with Gasteiger partial charge in [-0.2, -0.15) is 0 Å². The third-order valence-electron chi connectivity index (χ3n) is 4.77. The lowest BCUT2D eigenvalue weighted by atomic mass is 9.97. The van der Waals surface area contributed by atoms with Crippen molar-refractivity contribution in [2.24, 2.45) is 5.73 Å². The molecule has 30 heavy (non-hydrogen) atoms. The Bertz CT molecular complexity index is 982. The Morgan fingerprint density at radius 1 is 1.20 bits per heavy atom. The van der Waals surface area contributed by atoms with Gasteiger partial charge in [0.2, 0.25) is 11.8 Å². The maximum atomic E-state index is 13.3. The number of benzene rings is 1. The number of nitrogens with zero attached hydrogens (tertiary/aromatic N) is 3. The van der Waals surface area contributed by atoms with Crippen molar-refractivity contribution in [3.8, 4) is 0 Å². The largest absolute Gasteiger partial charge is 0.370 e. The van der Waals surface area contributed by atoms with E-state index in [1.807, 2.05) is 0 Å². The molecule has 1 saturated heterocycles. The summed E-state index contributed by atoms with van der Waals surface area (Å²) in [6, 6.07) is 9.25. The number of carbonyl (C=O) groups is 4. The van der Waals surface area contributed by atoms with E-state index in [9.17, 15) is 23.6 Å². The predicted octanol–water partition coefficient (Wildman–Crippen LogP) is 0.896. The maximum absolute atomic E-state index is 13.3. The van der Waals surface area contributed by atoms with Gasteiger partial charge in [0.1, 0.15) is 12.4 Å². The second kappa shape index (κ2) is 8.27. The van der Waals surface area contributed by atoms with E-state index in [2.05, 4.69) is 10.3 Å². The van der Waals surface area contributed by atoms with Crippen LogP contribution >= 0.6 is 0 Å². The van der Waals surface area contributed by atoms with Crippen LogP contribution in [0.3, 0.4) is 0 Å². The second-order valence-corrected chi connectivity index (χ2v) is 6.90. The van der Waals surface area contributed by atoms with Gasteiger partial charge in [-0.15, -0.1) is 0 Å². The predicted molar refractivity (Wildman–Crippen MR) is 104 cm³/mol. The molecule has 10 heteroatoms. The van der Waals surface area contributed by atoms with Crippen LogP contribution in [0.1, 0.15) is 19.0 Å². The number of nitrogens with one attached hydrogen (secondary N) is 1. The molecule has 2 heterocycles. The van der Waals surface area contributed by atoms with Crippen LogP contribution in [0.5, 0.6) is 0 Å². The molecule has 0 spiro atoms. The standard InChI is InChI=1S/C20H20FN5O4/c1-20(15-4-2-3-10-23-15)18(29)26(19(30)24-20)12-17(28)25(11-9-16(22)27)14-7-5-13(21)6-8-14/h2-8,10H,9,11-12H2,1H3,(H2,22,27)(H,24,30). The number of aromatic nitrogens is 1. The van der Waals surface area contributed by atoms with Crippen molar-refractivity contribution in [1.82, 2.24) is 15.2 Å². The first-order valence-electron chi connectivity index (χ1n) is 9.12. The highest BCUT2D eigenvalue weighted by atomic mass is 19.1. The topological polar surface area (TPSA) is 126 Å². The average Bonchev–Trinajstić information content (AvgIpc) is 2.94. The minimum atomic E-state index is -1.41. The number of imide groups is 1. The number of rotatable bonds is 7. The van der Waals surface area contributed by atoms with Gasteiger partial charge in [-0.3, -0.25) is 24.3 Å². The first-order valence-corrected chi connectivity index (χ1v) is 9.12. The maximum Gasteiger partial charge on any atom is 0.325 e. The summed E-state index contributed by atoms with van der Waals surface area (Å²) in [5.74, 6) is -2.39. The number of pyridine rings is 1. The van der Waals surface area contributed by atoms with E-state index in [-0.39, 0.29) is 13.0 Å². The summed E-state index contributed by atoms with van der Waals surface area (Å²) in [4.78, 5) is 55.6. The normalized spacial score (nSPS) is 18.3. The lowest BCUT2D eigenvalue weighted by Crippen LogP contribution is -2.45. The van der Waals surface area contributed by atoms with Crippen LogP contribution in [-0.2, 0) is 19.9 Å². The van der Waals surface area contributed by atoms with Gasteiger partial charge in [0, 0.05) is 24.8 Å². The molecule has 2 aromatic rings. The second-order valence-electron chi connectivity index (χ2n) is 6.90. The summed E-state index contributed by atoms with van der Waals surface area (Å²) < 4.78 is 13.3. The van der Waals surface area contributed by atoms with E-state index < -0.39 is 41.7 Å². The Hall–Kier alpha value is -3.82. The number of anilines is 1. The Balaban J connectivity index is 1.82. The summed E-state index contributed by atoms with van der Waals surface area (Å²) in [6.45, 7) is 0.856. The molecule has 1 atom stereocenters. The monoisotopic (exact) mass is 413 g/mol. The van der Waals surface area contributed by atoms with E-state index in [0.717, 1.165) is 17.0 Å². The minimum Gasteiger partial charge on any atom is -0.370 e. The highest BCUT2D eigenvalue weighted by Gasteiger charge is 2.50. The summed E-state index contributed by atoms with van der Waals surface area (Å²) in [6.07, 6.45) is 1.35. The van der Waals surface area contributed by atoms with Crippen LogP contribution in [0.15, 0.2) is 48.7 Å². The Labute approximate surface area is 171 Å². The van der Waals surface area contributed by atoms with E-state index in [0.29, 0.717) is 11.4 Å². The molecule has 1 aromatic heterocycles. The lowest BCUT2D eigenvalue weighted by molar-refractivity contribution is -0.134. The Kier molecular flexibility index (Phi) is 5.77. The fourth-order valence-corrected chi connectivity index (χ4v) is 3.13. The first-order chi connectivity index (χ1) is 14.2. The number of amides is 5. The summed E-state index contributed by atoms with van der Waals surface area (Å²) in [5.41, 5.74) is 4.41. The molecule has 0 radical (unpaired) electrons. The van der Waals surface area contributed by atoms with Crippen molar-refractivity contribution in [3.63, 3.8) is 0 Å². The number of carbonyl (C=O) groups excluding carboxylic acids is 4. The third-order valence-corrected chi connectivity index (χ3v) is 4.77. The molecule has 1 aliphatic heterocycles. The van der Waals surface area contributed by atoms with Crippen molar-refractivity contribution in [1.29, 1.82) is 0 Å². The minimum absolute atomic E-state index is 0.0824. The smallest absolute Gasteiger partial charge is 0.325 e. The molecule has 3 N–H and O–H groups in total. The number of primary amides is 1. The molecule has 5 amide bonds. The van der Waals surface area contributed by atoms with Crippen molar-refractivity contribution >= 4 is 29.4 Å². The number of hydrogen-bond acceptors (Lipinski definition) is 5. The molecule has 0 aliphatic carbocycles. The van der Waals surface area contributed by atoms with Gasteiger partial charge in [0.15, 0.2) is 5.54 Å². The van der Waals surface area contributed by atoms with Crippen molar-refractivity contribution in [3.05, 3.63) is 60.2 Å². The molecule has 0 saturated carbocycles. The third kappa shape index (κ3) is 4.12. The number of hydrogen-bond donors (Lipinski definition) is 2. The zero-order valence-electron chi connectivity index (χ0n) is 16.2. The van der Waals surface area contributed by atoms with E-state index in [1.54, 1.807) is 18.2 Å². The molecule has 3 rings (SSSR count). The lowest BCUT2D eigenvalue weighted by Gasteiger charge is -2.25. The highest BCUT2D eigenvalue weighted by molar-refractivity contribution is 6.10. The van der Waals surface area contributed by atoms with Crippen LogP contribution in [-0.4, -0.2) is 46.7 Å². The van der Waals surface area contributed by atoms with Gasteiger partial charge in [0.25, 0.3) is 5.91 Å². The van der Waals surface area contributed by atoms with Crippen LogP contribution in [0.25, 0.3) is 0 Å². The van der Waals surface area contributed by atoms with Gasteiger partial charge in [-0.25, -0.2) is 9.18 Å². The molecule has 1 unspecified atom stereocenters. The number of urea groups is 1. The summed E-state index contributed by atoms with van der Waals surface area (Å²) in [7, 11) is 0. The van der Waals surface area contributed by atoms with Gasteiger partial charge in [-0.05, 0) is 43.3 Å². The molecular formula is C20H20FN5O4. The van der Waals surface area contributed by atoms with Crippen LogP contribution in [0.2, 0.25) is 0 Å². The number of nitrogens with two attached hydrogens (primary N) is 1. The fraction of sp³-hybridized carbons (Fsp3) is 0.250. The molecule has 0 bridgehead atoms. The van der Waals surface area contributed by atoms with Crippen molar-refractivity contribution in [2.45, 2.75) is 18.9 Å². The fourth-order valence-electron chi connectivity index (χ4n) is 3.13. The van der Waals surface area contributed by atoms with E-state index in [4.69, 9.17) is 5.73 Å². The van der Waals surface area contributed by atoms with Crippen LogP contribution < -0.4 is 16.0 Å². The number of halogens is 1. The molecule has 9 nitrogen and oxygen atoms in total. The highest BCUT2D eigenvalue weighted by Crippen LogP contribution is 2.27. The first kappa shape index (κ1) is 20.9. The summed E-state index contributed by atoms with van der Waals surface area (Å²) in [5, 5.41) is 2.57. The van der Waals surface area contributed by atoms with Gasteiger partial charge >= 0.3 is 6.03 Å². The molecule has 1 aromatic carbocycles.